The largest absolute Gasteiger partial charge is 0.399 e. The van der Waals surface area contributed by atoms with Crippen molar-refractivity contribution in [2.24, 2.45) is 0 Å². The van der Waals surface area contributed by atoms with Crippen LogP contribution in [0.1, 0.15) is 0 Å². The quantitative estimate of drug-likeness (QED) is 0.404. The summed E-state index contributed by atoms with van der Waals surface area (Å²) in [6.07, 6.45) is 0. The van der Waals surface area contributed by atoms with Crippen molar-refractivity contribution in [2.75, 3.05) is 16.0 Å². The number of rotatable bonds is 5. The summed E-state index contributed by atoms with van der Waals surface area (Å²) in [7, 11) is 0. The molecule has 4 aromatic rings. The molecule has 0 saturated carbocycles. The summed E-state index contributed by atoms with van der Waals surface area (Å²) in [5, 5.41) is 3.42. The van der Waals surface area contributed by atoms with Gasteiger partial charge in [0.2, 0.25) is 0 Å². The molecule has 132 valence electrons. The van der Waals surface area contributed by atoms with E-state index >= 15 is 0 Å². The van der Waals surface area contributed by atoms with E-state index in [4.69, 9.17) is 5.73 Å². The minimum absolute atomic E-state index is 0.758. The number of anilines is 6. The molecule has 0 spiro atoms. The Labute approximate surface area is 159 Å². The summed E-state index contributed by atoms with van der Waals surface area (Å²) < 4.78 is 0. The summed E-state index contributed by atoms with van der Waals surface area (Å²) in [6.45, 7) is 0. The third kappa shape index (κ3) is 3.93. The van der Waals surface area contributed by atoms with Gasteiger partial charge in [-0.25, -0.2) is 0 Å². The zero-order valence-corrected chi connectivity index (χ0v) is 14.9. The molecule has 3 heteroatoms. The summed E-state index contributed by atoms with van der Waals surface area (Å²) in [5.41, 5.74) is 12.0. The molecular formula is C24H21N3. The lowest BCUT2D eigenvalue weighted by Gasteiger charge is -2.25. The lowest BCUT2D eigenvalue weighted by Crippen LogP contribution is -2.09. The highest BCUT2D eigenvalue weighted by atomic mass is 15.1. The van der Waals surface area contributed by atoms with Gasteiger partial charge in [-0.05, 0) is 72.8 Å². The van der Waals surface area contributed by atoms with E-state index in [1.165, 1.54) is 0 Å². The highest BCUT2D eigenvalue weighted by Gasteiger charge is 2.11. The van der Waals surface area contributed by atoms with Gasteiger partial charge in [0, 0.05) is 34.1 Å². The van der Waals surface area contributed by atoms with Crippen molar-refractivity contribution < 1.29 is 0 Å². The third-order valence-corrected chi connectivity index (χ3v) is 4.35. The first kappa shape index (κ1) is 16.7. The van der Waals surface area contributed by atoms with Crippen LogP contribution in [-0.4, -0.2) is 0 Å². The fraction of sp³-hybridized carbons (Fsp3) is 0. The average Bonchev–Trinajstić information content (AvgIpc) is 2.73. The van der Waals surface area contributed by atoms with Gasteiger partial charge < -0.3 is 16.0 Å². The van der Waals surface area contributed by atoms with Crippen molar-refractivity contribution in [1.82, 2.24) is 0 Å². The average molecular weight is 351 g/mol. The Morgan fingerprint density at radius 3 is 1.52 bits per heavy atom. The molecule has 0 atom stereocenters. The molecule has 27 heavy (non-hydrogen) atoms. The molecule has 0 radical (unpaired) electrons. The fourth-order valence-corrected chi connectivity index (χ4v) is 3.03. The van der Waals surface area contributed by atoms with Gasteiger partial charge in [0.15, 0.2) is 0 Å². The van der Waals surface area contributed by atoms with E-state index in [1.54, 1.807) is 0 Å². The number of hydrogen-bond acceptors (Lipinski definition) is 3. The maximum Gasteiger partial charge on any atom is 0.0463 e. The topological polar surface area (TPSA) is 41.3 Å². The Morgan fingerprint density at radius 1 is 0.481 bits per heavy atom. The Morgan fingerprint density at radius 2 is 0.926 bits per heavy atom. The number of nitrogen functional groups attached to an aromatic ring is 1. The second kappa shape index (κ2) is 7.67. The van der Waals surface area contributed by atoms with Gasteiger partial charge in [-0.2, -0.15) is 0 Å². The molecule has 0 fully saturated rings. The van der Waals surface area contributed by atoms with Crippen molar-refractivity contribution in [3.63, 3.8) is 0 Å². The predicted octanol–water partition coefficient (Wildman–Crippen LogP) is 6.48. The summed E-state index contributed by atoms with van der Waals surface area (Å²) in [6, 6.07) is 36.9. The second-order valence-corrected chi connectivity index (χ2v) is 6.30. The Balaban J connectivity index is 1.67. The monoisotopic (exact) mass is 351 g/mol. The number of nitrogens with two attached hydrogens (primary N) is 1. The number of para-hydroxylation sites is 2. The van der Waals surface area contributed by atoms with Crippen molar-refractivity contribution >= 4 is 34.1 Å². The lowest BCUT2D eigenvalue weighted by atomic mass is 10.1. The first-order chi connectivity index (χ1) is 13.3. The Bertz CT molecular complexity index is 979. The van der Waals surface area contributed by atoms with Crippen LogP contribution in [0, 0.1) is 0 Å². The molecule has 0 aliphatic carbocycles. The molecule has 0 aliphatic heterocycles. The summed E-state index contributed by atoms with van der Waals surface area (Å²) in [4.78, 5) is 2.21. The molecule has 3 nitrogen and oxygen atoms in total. The lowest BCUT2D eigenvalue weighted by molar-refractivity contribution is 1.28. The SMILES string of the molecule is Nc1ccc(N(c2ccccc2)c2ccc(Nc3ccccc3)cc2)cc1. The molecule has 4 rings (SSSR count). The Hall–Kier alpha value is -3.72. The highest BCUT2D eigenvalue weighted by Crippen LogP contribution is 2.35. The Kier molecular flexibility index (Phi) is 4.75. The molecule has 0 heterocycles. The van der Waals surface area contributed by atoms with E-state index in [0.29, 0.717) is 0 Å². The maximum atomic E-state index is 5.87. The molecule has 0 aliphatic rings. The van der Waals surface area contributed by atoms with E-state index in [0.717, 1.165) is 34.1 Å². The number of hydrogen-bond donors (Lipinski definition) is 2. The smallest absolute Gasteiger partial charge is 0.0463 e. The first-order valence-corrected chi connectivity index (χ1v) is 8.92. The predicted molar refractivity (Wildman–Crippen MR) is 115 cm³/mol. The minimum Gasteiger partial charge on any atom is -0.399 e. The zero-order valence-electron chi connectivity index (χ0n) is 14.9. The molecule has 4 aromatic carbocycles. The van der Waals surface area contributed by atoms with Gasteiger partial charge in [-0.1, -0.05) is 36.4 Å². The van der Waals surface area contributed by atoms with E-state index in [2.05, 4.69) is 58.7 Å². The summed E-state index contributed by atoms with van der Waals surface area (Å²) >= 11 is 0. The van der Waals surface area contributed by atoms with Crippen LogP contribution >= 0.6 is 0 Å². The van der Waals surface area contributed by atoms with Crippen LogP contribution in [0.5, 0.6) is 0 Å². The second-order valence-electron chi connectivity index (χ2n) is 6.30. The van der Waals surface area contributed by atoms with Gasteiger partial charge >= 0.3 is 0 Å². The highest BCUT2D eigenvalue weighted by molar-refractivity contribution is 5.78. The third-order valence-electron chi connectivity index (χ3n) is 4.35. The van der Waals surface area contributed by atoms with E-state index in [-0.39, 0.29) is 0 Å². The van der Waals surface area contributed by atoms with E-state index in [9.17, 15) is 0 Å². The molecule has 0 bridgehead atoms. The van der Waals surface area contributed by atoms with Crippen LogP contribution in [0.25, 0.3) is 0 Å². The molecule has 0 aromatic heterocycles. The standard InChI is InChI=1S/C24H21N3/c25-19-11-15-23(16-12-19)27(22-9-5-2-6-10-22)24-17-13-21(14-18-24)26-20-7-3-1-4-8-20/h1-18,26H,25H2. The van der Waals surface area contributed by atoms with Crippen LogP contribution in [0.2, 0.25) is 0 Å². The first-order valence-electron chi connectivity index (χ1n) is 8.92. The van der Waals surface area contributed by atoms with Gasteiger partial charge in [-0.15, -0.1) is 0 Å². The van der Waals surface area contributed by atoms with E-state index in [1.807, 2.05) is 60.7 Å². The summed E-state index contributed by atoms with van der Waals surface area (Å²) in [5.74, 6) is 0. The van der Waals surface area contributed by atoms with Crippen molar-refractivity contribution in [1.29, 1.82) is 0 Å². The van der Waals surface area contributed by atoms with Gasteiger partial charge in [0.25, 0.3) is 0 Å². The normalized spacial score (nSPS) is 10.4. The molecular weight excluding hydrogens is 330 g/mol. The minimum atomic E-state index is 0.758. The maximum absolute atomic E-state index is 5.87. The van der Waals surface area contributed by atoms with Crippen LogP contribution in [0.3, 0.4) is 0 Å². The van der Waals surface area contributed by atoms with Crippen molar-refractivity contribution in [2.45, 2.75) is 0 Å². The fourth-order valence-electron chi connectivity index (χ4n) is 3.03. The van der Waals surface area contributed by atoms with Crippen LogP contribution in [0.4, 0.5) is 34.1 Å². The number of benzene rings is 4. The van der Waals surface area contributed by atoms with Crippen LogP contribution < -0.4 is 16.0 Å². The van der Waals surface area contributed by atoms with Crippen molar-refractivity contribution in [3.05, 3.63) is 109 Å². The van der Waals surface area contributed by atoms with Crippen LogP contribution in [-0.2, 0) is 0 Å². The number of nitrogens with zero attached hydrogens (tertiary/aromatic N) is 1. The van der Waals surface area contributed by atoms with Crippen LogP contribution in [0.15, 0.2) is 109 Å². The van der Waals surface area contributed by atoms with Crippen molar-refractivity contribution in [3.8, 4) is 0 Å². The van der Waals surface area contributed by atoms with Gasteiger partial charge in [0.05, 0.1) is 0 Å². The molecule has 3 N–H and O–H groups in total. The molecule has 0 amide bonds. The number of nitrogens with one attached hydrogen (secondary N) is 1. The molecule has 0 saturated heterocycles. The molecule has 0 unspecified atom stereocenters. The zero-order chi connectivity index (χ0) is 18.5. The van der Waals surface area contributed by atoms with E-state index < -0.39 is 0 Å². The van der Waals surface area contributed by atoms with Gasteiger partial charge in [0.1, 0.15) is 0 Å². The van der Waals surface area contributed by atoms with Gasteiger partial charge in [-0.3, -0.25) is 0 Å².